The number of nitrogens with zero attached hydrogens (tertiary/aromatic N) is 2. The van der Waals surface area contributed by atoms with E-state index in [9.17, 15) is 29.6 Å². The highest BCUT2D eigenvalue weighted by Crippen LogP contribution is 2.29. The van der Waals surface area contributed by atoms with Crippen LogP contribution in [0.1, 0.15) is 69.8 Å². The molecule has 39 heavy (non-hydrogen) atoms. The van der Waals surface area contributed by atoms with Crippen molar-refractivity contribution in [3.63, 3.8) is 0 Å². The number of nitro groups is 1. The Hall–Kier alpha value is -4.15. The van der Waals surface area contributed by atoms with E-state index >= 15 is 0 Å². The van der Waals surface area contributed by atoms with E-state index in [1.54, 1.807) is 46.8 Å². The van der Waals surface area contributed by atoms with Gasteiger partial charge in [-0.2, -0.15) is 0 Å². The van der Waals surface area contributed by atoms with Gasteiger partial charge in [0.1, 0.15) is 23.1 Å². The molecule has 0 aliphatic carbocycles. The summed E-state index contributed by atoms with van der Waals surface area (Å²) in [5.74, 6) is -1.64. The topological polar surface area (TPSA) is 162 Å². The molecule has 212 valence electrons. The summed E-state index contributed by atoms with van der Waals surface area (Å²) in [6, 6.07) is 8.73. The van der Waals surface area contributed by atoms with Crippen LogP contribution >= 0.6 is 0 Å². The minimum atomic E-state index is -1.01. The largest absolute Gasteiger partial charge is 0.507 e. The lowest BCUT2D eigenvalue weighted by Gasteiger charge is -2.35. The molecule has 11 heteroatoms. The van der Waals surface area contributed by atoms with E-state index in [0.717, 1.165) is 0 Å². The summed E-state index contributed by atoms with van der Waals surface area (Å²) in [6.07, 6.45) is 1.45. The highest BCUT2D eigenvalue weighted by Gasteiger charge is 2.36. The molecule has 1 unspecified atom stereocenters. The number of hydrogen-bond acceptors (Lipinski definition) is 8. The van der Waals surface area contributed by atoms with Gasteiger partial charge >= 0.3 is 5.97 Å². The van der Waals surface area contributed by atoms with Crippen molar-refractivity contribution in [2.24, 2.45) is 11.7 Å². The lowest BCUT2D eigenvalue weighted by Crippen LogP contribution is -2.49. The number of primary amides is 1. The van der Waals surface area contributed by atoms with Crippen LogP contribution in [0.3, 0.4) is 0 Å². The lowest BCUT2D eigenvalue weighted by atomic mass is 9.99. The second-order valence-electron chi connectivity index (χ2n) is 10.5. The lowest BCUT2D eigenvalue weighted by molar-refractivity contribution is -0.384. The summed E-state index contributed by atoms with van der Waals surface area (Å²) in [4.78, 5) is 49.6. The van der Waals surface area contributed by atoms with Crippen LogP contribution in [0.4, 0.5) is 5.69 Å². The van der Waals surface area contributed by atoms with Crippen molar-refractivity contribution in [2.45, 2.75) is 72.1 Å². The molecule has 11 nitrogen and oxygen atoms in total. The minimum absolute atomic E-state index is 0.136. The molecule has 0 saturated carbocycles. The van der Waals surface area contributed by atoms with E-state index in [1.165, 1.54) is 35.2 Å². The van der Waals surface area contributed by atoms with E-state index < -0.39 is 28.4 Å². The number of nitrogens with two attached hydrogens (primary N) is 1. The third kappa shape index (κ3) is 9.59. The van der Waals surface area contributed by atoms with Gasteiger partial charge in [-0.3, -0.25) is 19.7 Å². The molecule has 1 atom stereocenters. The molecule has 0 aromatic heterocycles. The maximum atomic E-state index is 13.7. The van der Waals surface area contributed by atoms with Crippen LogP contribution in [0.5, 0.6) is 11.5 Å². The van der Waals surface area contributed by atoms with Crippen molar-refractivity contribution in [1.29, 1.82) is 0 Å². The predicted octanol–water partition coefficient (Wildman–Crippen LogP) is 4.34. The Kier molecular flexibility index (Phi) is 10.8. The smallest absolute Gasteiger partial charge is 0.329 e. The summed E-state index contributed by atoms with van der Waals surface area (Å²) < 4.78 is 11.2. The number of carbonyl (C=O) groups is 3. The van der Waals surface area contributed by atoms with E-state index in [-0.39, 0.29) is 41.8 Å². The van der Waals surface area contributed by atoms with Crippen molar-refractivity contribution >= 4 is 23.5 Å². The minimum Gasteiger partial charge on any atom is -0.507 e. The van der Waals surface area contributed by atoms with E-state index in [0.29, 0.717) is 30.8 Å². The first-order valence-corrected chi connectivity index (χ1v) is 12.7. The molecular formula is C28H37N3O8. The van der Waals surface area contributed by atoms with Gasteiger partial charge in [0.15, 0.2) is 0 Å². The van der Waals surface area contributed by atoms with Gasteiger partial charge < -0.3 is 25.2 Å². The Labute approximate surface area is 228 Å². The van der Waals surface area contributed by atoms with Gasteiger partial charge in [0.25, 0.3) is 11.6 Å². The summed E-state index contributed by atoms with van der Waals surface area (Å²) in [5.41, 5.74) is 4.66. The molecule has 0 heterocycles. The fourth-order valence-electron chi connectivity index (χ4n) is 3.85. The van der Waals surface area contributed by atoms with Crippen molar-refractivity contribution in [2.75, 3.05) is 6.61 Å². The summed E-state index contributed by atoms with van der Waals surface area (Å²) in [5, 5.41) is 21.8. The molecule has 2 amide bonds. The molecule has 0 saturated heterocycles. The monoisotopic (exact) mass is 543 g/mol. The number of nitro benzene ring substituents is 1. The van der Waals surface area contributed by atoms with Crippen molar-refractivity contribution in [1.82, 2.24) is 4.90 Å². The van der Waals surface area contributed by atoms with Gasteiger partial charge in [0, 0.05) is 35.7 Å². The van der Waals surface area contributed by atoms with Gasteiger partial charge in [-0.1, -0.05) is 13.8 Å². The molecule has 0 aliphatic heterocycles. The van der Waals surface area contributed by atoms with E-state index in [4.69, 9.17) is 15.2 Å². The van der Waals surface area contributed by atoms with Crippen LogP contribution in [-0.4, -0.2) is 51.0 Å². The van der Waals surface area contributed by atoms with Crippen LogP contribution in [-0.2, 0) is 20.9 Å². The zero-order valence-corrected chi connectivity index (χ0v) is 23.0. The molecule has 2 rings (SSSR count). The number of benzene rings is 2. The molecule has 0 aliphatic rings. The zero-order valence-electron chi connectivity index (χ0n) is 23.0. The second-order valence-corrected chi connectivity index (χ2v) is 10.5. The van der Waals surface area contributed by atoms with Crippen molar-refractivity contribution in [3.8, 4) is 11.5 Å². The molecular weight excluding hydrogens is 506 g/mol. The van der Waals surface area contributed by atoms with Gasteiger partial charge in [-0.15, -0.1) is 0 Å². The number of carbonyl (C=O) groups excluding carboxylic acids is 3. The van der Waals surface area contributed by atoms with Crippen LogP contribution in [0.25, 0.3) is 0 Å². The predicted molar refractivity (Wildman–Crippen MR) is 144 cm³/mol. The fourth-order valence-corrected chi connectivity index (χ4v) is 3.85. The average Bonchev–Trinajstić information content (AvgIpc) is 2.82. The number of phenolic OH excluding ortho intramolecular Hbond substituents is 1. The van der Waals surface area contributed by atoms with E-state index in [2.05, 4.69) is 0 Å². The molecule has 3 N–H and O–H groups in total. The number of phenols is 1. The first kappa shape index (κ1) is 31.1. The number of non-ortho nitro benzene ring substituents is 1. The number of rotatable bonds is 13. The van der Waals surface area contributed by atoms with Gasteiger partial charge in [0.2, 0.25) is 5.91 Å². The normalized spacial score (nSPS) is 12.1. The molecule has 2 aromatic carbocycles. The molecule has 0 fully saturated rings. The van der Waals surface area contributed by atoms with Gasteiger partial charge in [0.05, 0.1) is 18.1 Å². The van der Waals surface area contributed by atoms with E-state index in [1.807, 2.05) is 0 Å². The van der Waals surface area contributed by atoms with Crippen LogP contribution in [0.15, 0.2) is 42.5 Å². The van der Waals surface area contributed by atoms with Crippen LogP contribution < -0.4 is 10.5 Å². The quantitative estimate of drug-likeness (QED) is 0.163. The molecule has 0 radical (unpaired) electrons. The van der Waals surface area contributed by atoms with Gasteiger partial charge in [-0.25, -0.2) is 4.79 Å². The zero-order chi connectivity index (χ0) is 29.3. The Balaban J connectivity index is 2.36. The Morgan fingerprint density at radius 3 is 2.23 bits per heavy atom. The third-order valence-corrected chi connectivity index (χ3v) is 5.69. The summed E-state index contributed by atoms with van der Waals surface area (Å²) >= 11 is 0. The SMILES string of the molecule is CC(C)C(C(=O)OC(C)(C)C)N(Cc1ccc(OCCCCC(N)=O)cc1O)C(=O)c1ccc([N+](=O)[O-])cc1. The number of unbranched alkanes of at least 4 members (excludes halogenated alkanes) is 1. The first-order valence-electron chi connectivity index (χ1n) is 12.7. The average molecular weight is 544 g/mol. The Morgan fingerprint density at radius 1 is 1.08 bits per heavy atom. The molecule has 0 bridgehead atoms. The highest BCUT2D eigenvalue weighted by molar-refractivity contribution is 5.97. The fraction of sp³-hybridized carbons (Fsp3) is 0.464. The highest BCUT2D eigenvalue weighted by atomic mass is 16.6. The molecule has 2 aromatic rings. The first-order chi connectivity index (χ1) is 18.2. The van der Waals surface area contributed by atoms with Crippen molar-refractivity contribution < 1.29 is 33.9 Å². The van der Waals surface area contributed by atoms with Gasteiger partial charge in [-0.05, 0) is 63.8 Å². The van der Waals surface area contributed by atoms with Crippen molar-refractivity contribution in [3.05, 3.63) is 63.7 Å². The Morgan fingerprint density at radius 2 is 1.72 bits per heavy atom. The number of esters is 1. The number of aromatic hydroxyl groups is 1. The standard InChI is InChI=1S/C28H37N3O8/c1-18(2)25(27(35)39-28(3,4)5)30(26(34)19-9-12-21(13-10-19)31(36)37)17-20-11-14-22(16-23(20)32)38-15-7-6-8-24(29)33/h9-14,16,18,25,32H,6-8,15,17H2,1-5H3,(H2,29,33). The number of hydrogen-bond donors (Lipinski definition) is 2. The summed E-state index contributed by atoms with van der Waals surface area (Å²) in [7, 11) is 0. The number of amides is 2. The Bertz CT molecular complexity index is 1170. The maximum absolute atomic E-state index is 13.7. The summed E-state index contributed by atoms with van der Waals surface area (Å²) in [6.45, 7) is 8.92. The van der Waals surface area contributed by atoms with Crippen LogP contribution in [0, 0.1) is 16.0 Å². The maximum Gasteiger partial charge on any atom is 0.329 e. The second kappa shape index (κ2) is 13.6. The third-order valence-electron chi connectivity index (χ3n) is 5.69. The number of ether oxygens (including phenoxy) is 2. The molecule has 0 spiro atoms. The van der Waals surface area contributed by atoms with Crippen LogP contribution in [0.2, 0.25) is 0 Å².